The molecule has 0 spiro atoms. The van der Waals surface area contributed by atoms with Crippen molar-refractivity contribution >= 4 is 5.69 Å². The van der Waals surface area contributed by atoms with Gasteiger partial charge in [0, 0.05) is 12.2 Å². The summed E-state index contributed by atoms with van der Waals surface area (Å²) in [6.45, 7) is 4.43. The van der Waals surface area contributed by atoms with Gasteiger partial charge in [-0.25, -0.2) is 0 Å². The number of hydrogen-bond acceptors (Lipinski definition) is 3. The molecule has 1 atom stereocenters. The fraction of sp³-hybridized carbons (Fsp3) is 0.571. The molecule has 96 valence electrons. The Morgan fingerprint density at radius 2 is 2.12 bits per heavy atom. The molecule has 0 aliphatic carbocycles. The highest BCUT2D eigenvalue weighted by atomic mass is 16.3. The Bertz CT molecular complexity index is 339. The molecule has 0 saturated heterocycles. The van der Waals surface area contributed by atoms with Crippen molar-refractivity contribution in [2.45, 2.75) is 39.2 Å². The topological polar surface area (TPSA) is 52.5 Å². The van der Waals surface area contributed by atoms with Gasteiger partial charge in [-0.05, 0) is 37.0 Å². The van der Waals surface area contributed by atoms with Crippen molar-refractivity contribution in [3.8, 4) is 0 Å². The van der Waals surface area contributed by atoms with E-state index in [0.29, 0.717) is 6.54 Å². The number of anilines is 1. The molecular weight excluding hydrogens is 214 g/mol. The predicted molar refractivity (Wildman–Crippen MR) is 71.4 cm³/mol. The molecule has 0 aromatic heterocycles. The second-order valence-corrected chi connectivity index (χ2v) is 4.47. The van der Waals surface area contributed by atoms with Crippen LogP contribution in [-0.4, -0.2) is 29.5 Å². The maximum absolute atomic E-state index is 9.27. The molecule has 3 nitrogen and oxygen atoms in total. The highest BCUT2D eigenvalue weighted by Crippen LogP contribution is 2.17. The van der Waals surface area contributed by atoms with Crippen LogP contribution < -0.4 is 5.32 Å². The number of benzene rings is 1. The summed E-state index contributed by atoms with van der Waals surface area (Å²) < 4.78 is 0. The van der Waals surface area contributed by atoms with Gasteiger partial charge in [-0.1, -0.05) is 25.5 Å². The molecule has 0 aliphatic rings. The highest BCUT2D eigenvalue weighted by Gasteiger charge is 2.03. The van der Waals surface area contributed by atoms with Crippen LogP contribution in [0.4, 0.5) is 5.69 Å². The van der Waals surface area contributed by atoms with E-state index >= 15 is 0 Å². The molecule has 0 saturated carbocycles. The first kappa shape index (κ1) is 14.0. The van der Waals surface area contributed by atoms with E-state index < -0.39 is 6.10 Å². The lowest BCUT2D eigenvalue weighted by atomic mass is 10.0. The van der Waals surface area contributed by atoms with Crippen LogP contribution in [0.5, 0.6) is 0 Å². The fourth-order valence-corrected chi connectivity index (χ4v) is 1.75. The second kappa shape index (κ2) is 7.30. The largest absolute Gasteiger partial charge is 0.394 e. The Morgan fingerprint density at radius 3 is 2.71 bits per heavy atom. The van der Waals surface area contributed by atoms with Crippen LogP contribution in [0, 0.1) is 6.92 Å². The fourth-order valence-electron chi connectivity index (χ4n) is 1.75. The molecule has 1 aromatic carbocycles. The van der Waals surface area contributed by atoms with Gasteiger partial charge in [0.15, 0.2) is 0 Å². The molecule has 0 bridgehead atoms. The normalized spacial score (nSPS) is 12.5. The molecule has 1 aromatic rings. The lowest BCUT2D eigenvalue weighted by Gasteiger charge is -2.13. The van der Waals surface area contributed by atoms with E-state index in [2.05, 4.69) is 31.3 Å². The molecule has 3 heteroatoms. The zero-order chi connectivity index (χ0) is 12.7. The molecule has 0 heterocycles. The van der Waals surface area contributed by atoms with E-state index in [4.69, 9.17) is 5.11 Å². The lowest BCUT2D eigenvalue weighted by Crippen LogP contribution is -2.23. The average molecular weight is 237 g/mol. The minimum Gasteiger partial charge on any atom is -0.394 e. The average Bonchev–Trinajstić information content (AvgIpc) is 2.34. The third kappa shape index (κ3) is 4.75. The van der Waals surface area contributed by atoms with Crippen molar-refractivity contribution < 1.29 is 10.2 Å². The van der Waals surface area contributed by atoms with Gasteiger partial charge in [0.1, 0.15) is 0 Å². The minimum atomic E-state index is -0.700. The number of aliphatic hydroxyl groups excluding tert-OH is 2. The molecule has 17 heavy (non-hydrogen) atoms. The first-order chi connectivity index (χ1) is 8.17. The van der Waals surface area contributed by atoms with Gasteiger partial charge in [0.05, 0.1) is 12.7 Å². The SMILES string of the molecule is CCCCc1ccc(NCC(O)CO)c(C)c1. The Morgan fingerprint density at radius 1 is 1.35 bits per heavy atom. The van der Waals surface area contributed by atoms with Gasteiger partial charge < -0.3 is 15.5 Å². The van der Waals surface area contributed by atoms with Crippen LogP contribution in [0.15, 0.2) is 18.2 Å². The van der Waals surface area contributed by atoms with E-state index in [1.54, 1.807) is 0 Å². The number of aliphatic hydroxyl groups is 2. The highest BCUT2D eigenvalue weighted by molar-refractivity contribution is 5.52. The quantitative estimate of drug-likeness (QED) is 0.680. The van der Waals surface area contributed by atoms with Crippen LogP contribution in [0.2, 0.25) is 0 Å². The Hall–Kier alpha value is -1.06. The van der Waals surface area contributed by atoms with Gasteiger partial charge in [-0.2, -0.15) is 0 Å². The van der Waals surface area contributed by atoms with Crippen LogP contribution in [-0.2, 0) is 6.42 Å². The van der Waals surface area contributed by atoms with E-state index in [9.17, 15) is 5.11 Å². The Labute approximate surface area is 103 Å². The summed E-state index contributed by atoms with van der Waals surface area (Å²) in [5.74, 6) is 0. The van der Waals surface area contributed by atoms with Crippen molar-refractivity contribution in [1.29, 1.82) is 0 Å². The third-order valence-electron chi connectivity index (χ3n) is 2.85. The summed E-state index contributed by atoms with van der Waals surface area (Å²) in [6.07, 6.45) is 2.85. The summed E-state index contributed by atoms with van der Waals surface area (Å²) >= 11 is 0. The molecule has 3 N–H and O–H groups in total. The summed E-state index contributed by atoms with van der Waals surface area (Å²) in [7, 11) is 0. The summed E-state index contributed by atoms with van der Waals surface area (Å²) in [4.78, 5) is 0. The van der Waals surface area contributed by atoms with Crippen molar-refractivity contribution in [1.82, 2.24) is 0 Å². The Kier molecular flexibility index (Phi) is 6.01. The maximum atomic E-state index is 9.27. The van der Waals surface area contributed by atoms with Gasteiger partial charge in [-0.3, -0.25) is 0 Å². The Balaban J connectivity index is 2.56. The van der Waals surface area contributed by atoms with Crippen molar-refractivity contribution in [3.05, 3.63) is 29.3 Å². The molecule has 0 radical (unpaired) electrons. The molecular formula is C14H23NO2. The first-order valence-electron chi connectivity index (χ1n) is 6.29. The third-order valence-corrected chi connectivity index (χ3v) is 2.85. The number of unbranched alkanes of at least 4 members (excludes halogenated alkanes) is 1. The molecule has 0 aliphatic heterocycles. The number of nitrogens with one attached hydrogen (secondary N) is 1. The van der Waals surface area contributed by atoms with Crippen molar-refractivity contribution in [2.24, 2.45) is 0 Å². The molecule has 1 rings (SSSR count). The van der Waals surface area contributed by atoms with Crippen LogP contribution >= 0.6 is 0 Å². The van der Waals surface area contributed by atoms with E-state index in [0.717, 1.165) is 12.1 Å². The summed E-state index contributed by atoms with van der Waals surface area (Å²) in [6, 6.07) is 6.35. The molecule has 0 amide bonds. The number of aryl methyl sites for hydroxylation is 2. The number of hydrogen-bond donors (Lipinski definition) is 3. The summed E-state index contributed by atoms with van der Waals surface area (Å²) in [5, 5.41) is 21.1. The van der Waals surface area contributed by atoms with Gasteiger partial charge in [0.25, 0.3) is 0 Å². The maximum Gasteiger partial charge on any atom is 0.0942 e. The molecule has 1 unspecified atom stereocenters. The van der Waals surface area contributed by atoms with E-state index in [1.165, 1.54) is 24.0 Å². The second-order valence-electron chi connectivity index (χ2n) is 4.47. The van der Waals surface area contributed by atoms with Gasteiger partial charge in [0.2, 0.25) is 0 Å². The summed E-state index contributed by atoms with van der Waals surface area (Å²) in [5.41, 5.74) is 3.57. The van der Waals surface area contributed by atoms with E-state index in [1.807, 2.05) is 6.07 Å². The lowest BCUT2D eigenvalue weighted by molar-refractivity contribution is 0.105. The van der Waals surface area contributed by atoms with Gasteiger partial charge in [-0.15, -0.1) is 0 Å². The zero-order valence-electron chi connectivity index (χ0n) is 10.7. The van der Waals surface area contributed by atoms with Crippen LogP contribution in [0.3, 0.4) is 0 Å². The number of rotatable bonds is 7. The standard InChI is InChI=1S/C14H23NO2/c1-3-4-5-12-6-7-14(11(2)8-12)15-9-13(17)10-16/h6-8,13,15-17H,3-5,9-10H2,1-2H3. The van der Waals surface area contributed by atoms with Crippen molar-refractivity contribution in [2.75, 3.05) is 18.5 Å². The molecule has 0 fully saturated rings. The zero-order valence-corrected chi connectivity index (χ0v) is 10.7. The van der Waals surface area contributed by atoms with Crippen LogP contribution in [0.1, 0.15) is 30.9 Å². The predicted octanol–water partition coefficient (Wildman–Crippen LogP) is 2.10. The first-order valence-corrected chi connectivity index (χ1v) is 6.29. The van der Waals surface area contributed by atoms with E-state index in [-0.39, 0.29) is 6.61 Å². The monoisotopic (exact) mass is 237 g/mol. The minimum absolute atomic E-state index is 0.208. The van der Waals surface area contributed by atoms with Crippen molar-refractivity contribution in [3.63, 3.8) is 0 Å². The smallest absolute Gasteiger partial charge is 0.0942 e. The van der Waals surface area contributed by atoms with Crippen LogP contribution in [0.25, 0.3) is 0 Å². The van der Waals surface area contributed by atoms with Gasteiger partial charge >= 0.3 is 0 Å².